The molecule has 0 rings (SSSR count). The van der Waals surface area contributed by atoms with Gasteiger partial charge >= 0.3 is 19.8 Å². The predicted octanol–water partition coefficient (Wildman–Crippen LogP) is 20.6. The minimum atomic E-state index is -4.40. The quantitative estimate of drug-likeness (QED) is 0.0264. The van der Waals surface area contributed by atoms with Crippen molar-refractivity contribution in [3.05, 3.63) is 85.1 Å². The largest absolute Gasteiger partial charge is 0.472 e. The number of allylic oxidation sites excluding steroid dienone is 14. The fourth-order valence-electron chi connectivity index (χ4n) is 9.09. The Morgan fingerprint density at radius 1 is 0.403 bits per heavy atom. The molecule has 446 valence electrons. The fraction of sp³-hybridized carbons (Fsp3) is 0.761. The van der Waals surface area contributed by atoms with Gasteiger partial charge in [-0.1, -0.05) is 298 Å². The van der Waals surface area contributed by atoms with Crippen LogP contribution < -0.4 is 5.73 Å². The number of phosphoric acid groups is 1. The molecule has 3 N–H and O–H groups in total. The zero-order valence-corrected chi connectivity index (χ0v) is 50.8. The van der Waals surface area contributed by atoms with E-state index in [1.54, 1.807) is 0 Å². The molecule has 0 heterocycles. The molecule has 0 radical (unpaired) electrons. The van der Waals surface area contributed by atoms with Gasteiger partial charge in [0, 0.05) is 19.4 Å². The van der Waals surface area contributed by atoms with Crippen LogP contribution in [-0.4, -0.2) is 49.3 Å². The van der Waals surface area contributed by atoms with Crippen LogP contribution in [0.3, 0.4) is 0 Å². The van der Waals surface area contributed by atoms with Crippen molar-refractivity contribution in [1.82, 2.24) is 0 Å². The minimum absolute atomic E-state index is 0.0489. The summed E-state index contributed by atoms with van der Waals surface area (Å²) in [6.45, 7) is 3.65. The zero-order valence-electron chi connectivity index (χ0n) is 49.9. The Morgan fingerprint density at radius 3 is 1.06 bits per heavy atom. The van der Waals surface area contributed by atoms with E-state index in [2.05, 4.69) is 98.9 Å². The molecular formula is C67H120NO8P. The zero-order chi connectivity index (χ0) is 55.9. The smallest absolute Gasteiger partial charge is 0.462 e. The van der Waals surface area contributed by atoms with Gasteiger partial charge in [0.1, 0.15) is 6.61 Å². The van der Waals surface area contributed by atoms with Crippen LogP contribution in [0.25, 0.3) is 0 Å². The molecule has 9 nitrogen and oxygen atoms in total. The van der Waals surface area contributed by atoms with Gasteiger partial charge in [-0.05, 0) is 70.6 Å². The minimum Gasteiger partial charge on any atom is -0.462 e. The van der Waals surface area contributed by atoms with E-state index in [0.29, 0.717) is 6.42 Å². The number of nitrogens with two attached hydrogens (primary N) is 1. The first-order chi connectivity index (χ1) is 37.8. The summed E-state index contributed by atoms with van der Waals surface area (Å²) in [7, 11) is -4.40. The Kier molecular flexibility index (Phi) is 60.1. The summed E-state index contributed by atoms with van der Waals surface area (Å²) in [5, 5.41) is 0. The Labute approximate surface area is 474 Å². The van der Waals surface area contributed by atoms with Crippen LogP contribution >= 0.6 is 7.82 Å². The van der Waals surface area contributed by atoms with Crippen molar-refractivity contribution >= 4 is 19.8 Å². The first-order valence-electron chi connectivity index (χ1n) is 32.1. The summed E-state index contributed by atoms with van der Waals surface area (Å²) in [6, 6.07) is 0. The normalized spacial score (nSPS) is 13.6. The molecule has 2 atom stereocenters. The van der Waals surface area contributed by atoms with Crippen LogP contribution in [0.15, 0.2) is 85.1 Å². The lowest BCUT2D eigenvalue weighted by Crippen LogP contribution is -2.29. The molecule has 0 saturated carbocycles. The lowest BCUT2D eigenvalue weighted by molar-refractivity contribution is -0.161. The number of rotatable bonds is 60. The van der Waals surface area contributed by atoms with Crippen molar-refractivity contribution in [3.8, 4) is 0 Å². The highest BCUT2D eigenvalue weighted by molar-refractivity contribution is 7.47. The lowest BCUT2D eigenvalue weighted by Gasteiger charge is -2.19. The van der Waals surface area contributed by atoms with Crippen LogP contribution in [0.5, 0.6) is 0 Å². The predicted molar refractivity (Wildman–Crippen MR) is 330 cm³/mol. The van der Waals surface area contributed by atoms with Gasteiger partial charge in [-0.25, -0.2) is 4.57 Å². The summed E-state index contributed by atoms with van der Waals surface area (Å²) in [5.41, 5.74) is 5.39. The molecule has 10 heteroatoms. The molecule has 0 aromatic rings. The molecule has 0 fully saturated rings. The molecule has 0 bridgehead atoms. The first-order valence-corrected chi connectivity index (χ1v) is 33.6. The topological polar surface area (TPSA) is 134 Å². The lowest BCUT2D eigenvalue weighted by atomic mass is 10.0. The Bertz CT molecular complexity index is 1530. The maximum atomic E-state index is 12.7. The molecule has 0 aromatic carbocycles. The number of phosphoric ester groups is 1. The number of ether oxygens (including phenoxy) is 2. The molecule has 0 amide bonds. The van der Waals surface area contributed by atoms with Crippen molar-refractivity contribution in [3.63, 3.8) is 0 Å². The standard InChI is InChI=1S/C67H120NO8P/c1-3-5-7-9-11-13-15-17-19-21-23-25-27-29-31-32-34-36-38-40-42-44-46-48-50-52-54-56-58-60-67(70)76-65(64-75-77(71,72)74-62-61-68)63-73-66(69)59-57-55-53-51-49-47-45-43-41-39-37-35-33-30-28-26-24-22-20-18-16-14-12-10-8-6-4-2/h5,7,11,13,17,19,23,25,29,31,34,36,40,42,65H,3-4,6,8-10,12,14-16,18,20-22,24,26-28,30,32-33,35,37-39,41,43-64,68H2,1-2H3,(H,71,72)/b7-5-,13-11-,19-17-,25-23-,31-29-,36-34-,42-40-. The summed E-state index contributed by atoms with van der Waals surface area (Å²) in [5.74, 6) is -0.833. The fourth-order valence-corrected chi connectivity index (χ4v) is 9.86. The Balaban J connectivity index is 3.96. The van der Waals surface area contributed by atoms with E-state index in [1.165, 1.54) is 173 Å². The van der Waals surface area contributed by atoms with Gasteiger partial charge < -0.3 is 20.1 Å². The van der Waals surface area contributed by atoms with E-state index in [4.69, 9.17) is 24.3 Å². The van der Waals surface area contributed by atoms with Crippen LogP contribution in [0, 0.1) is 0 Å². The number of carbonyl (C=O) groups is 2. The number of esters is 2. The number of carbonyl (C=O) groups excluding carboxylic acids is 2. The average molecular weight is 1100 g/mol. The third kappa shape index (κ3) is 62.3. The van der Waals surface area contributed by atoms with E-state index in [0.717, 1.165) is 89.9 Å². The third-order valence-corrected chi connectivity index (χ3v) is 14.8. The summed E-state index contributed by atoms with van der Waals surface area (Å²) in [4.78, 5) is 35.3. The molecule has 0 aromatic heterocycles. The average Bonchev–Trinajstić information content (AvgIpc) is 3.42. The van der Waals surface area contributed by atoms with Crippen molar-refractivity contribution in [2.45, 2.75) is 302 Å². The van der Waals surface area contributed by atoms with Gasteiger partial charge in [0.2, 0.25) is 0 Å². The second-order valence-electron chi connectivity index (χ2n) is 21.3. The second kappa shape index (κ2) is 62.4. The first kappa shape index (κ1) is 74.2. The summed E-state index contributed by atoms with van der Waals surface area (Å²) >= 11 is 0. The van der Waals surface area contributed by atoms with Gasteiger partial charge in [0.05, 0.1) is 13.2 Å². The van der Waals surface area contributed by atoms with Crippen molar-refractivity contribution in [1.29, 1.82) is 0 Å². The SMILES string of the molecule is CC/C=C\C/C=C\C/C=C\C/C=C\C/C=C\C/C=C\C/C=C\CCCCCCCCCC(=O)OC(COC(=O)CCCCCCCCCCCCCCCCCCCCCCCCCCCCC)COP(=O)(O)OCCN. The van der Waals surface area contributed by atoms with Gasteiger partial charge in [-0.15, -0.1) is 0 Å². The highest BCUT2D eigenvalue weighted by atomic mass is 31.2. The van der Waals surface area contributed by atoms with E-state index in [1.807, 2.05) is 0 Å². The van der Waals surface area contributed by atoms with E-state index in [-0.39, 0.29) is 38.6 Å². The van der Waals surface area contributed by atoms with Crippen LogP contribution in [0.2, 0.25) is 0 Å². The monoisotopic (exact) mass is 1100 g/mol. The number of hydrogen-bond acceptors (Lipinski definition) is 8. The highest BCUT2D eigenvalue weighted by Crippen LogP contribution is 2.43. The molecule has 0 aliphatic heterocycles. The maximum Gasteiger partial charge on any atom is 0.472 e. The van der Waals surface area contributed by atoms with E-state index < -0.39 is 26.5 Å². The molecule has 0 spiro atoms. The van der Waals surface area contributed by atoms with Gasteiger partial charge in [-0.3, -0.25) is 18.6 Å². The van der Waals surface area contributed by atoms with Crippen LogP contribution in [-0.2, 0) is 32.7 Å². The van der Waals surface area contributed by atoms with Crippen molar-refractivity contribution < 1.29 is 37.6 Å². The van der Waals surface area contributed by atoms with Crippen LogP contribution in [0.1, 0.15) is 296 Å². The Morgan fingerprint density at radius 2 is 0.714 bits per heavy atom. The summed E-state index contributed by atoms with van der Waals surface area (Å²) in [6.07, 6.45) is 82.3. The Hall–Kier alpha value is -2.81. The van der Waals surface area contributed by atoms with E-state index >= 15 is 0 Å². The molecular weight excluding hydrogens is 978 g/mol. The highest BCUT2D eigenvalue weighted by Gasteiger charge is 2.26. The summed E-state index contributed by atoms with van der Waals surface area (Å²) < 4.78 is 33.1. The molecule has 0 saturated heterocycles. The van der Waals surface area contributed by atoms with Crippen LogP contribution in [0.4, 0.5) is 0 Å². The molecule has 0 aliphatic carbocycles. The van der Waals surface area contributed by atoms with Crippen molar-refractivity contribution in [2.24, 2.45) is 5.73 Å². The molecule has 2 unspecified atom stereocenters. The van der Waals surface area contributed by atoms with Gasteiger partial charge in [-0.2, -0.15) is 0 Å². The van der Waals surface area contributed by atoms with E-state index in [9.17, 15) is 19.0 Å². The number of unbranched alkanes of at least 4 members (excludes halogenated alkanes) is 33. The van der Waals surface area contributed by atoms with Crippen molar-refractivity contribution in [2.75, 3.05) is 26.4 Å². The van der Waals surface area contributed by atoms with Gasteiger partial charge in [0.25, 0.3) is 0 Å². The third-order valence-electron chi connectivity index (χ3n) is 13.8. The maximum absolute atomic E-state index is 12.7. The number of hydrogen-bond donors (Lipinski definition) is 2. The van der Waals surface area contributed by atoms with Gasteiger partial charge in [0.15, 0.2) is 6.10 Å². The molecule has 0 aliphatic rings. The second-order valence-corrected chi connectivity index (χ2v) is 22.7. The molecule has 77 heavy (non-hydrogen) atoms.